The van der Waals surface area contributed by atoms with Gasteiger partial charge in [-0.2, -0.15) is 0 Å². The Bertz CT molecular complexity index is 636. The van der Waals surface area contributed by atoms with Gasteiger partial charge >= 0.3 is 0 Å². The predicted molar refractivity (Wildman–Crippen MR) is 88.6 cm³/mol. The average Bonchev–Trinajstić information content (AvgIpc) is 3.17. The molecule has 0 aliphatic heterocycles. The lowest BCUT2D eigenvalue weighted by molar-refractivity contribution is 0.365. The molecule has 1 saturated carbocycles. The maximum atomic E-state index is 3.90. The Morgan fingerprint density at radius 2 is 2.14 bits per heavy atom. The first-order chi connectivity index (χ1) is 10.3. The van der Waals surface area contributed by atoms with E-state index in [2.05, 4.69) is 41.5 Å². The highest BCUT2D eigenvalue weighted by molar-refractivity contribution is 5.85. The Morgan fingerprint density at radius 3 is 2.95 bits per heavy atom. The zero-order valence-corrected chi connectivity index (χ0v) is 13.0. The lowest BCUT2D eigenvalue weighted by atomic mass is 9.91. The number of benzene rings is 1. The Labute approximate surface area is 127 Å². The molecule has 0 bridgehead atoms. The van der Waals surface area contributed by atoms with Crippen LogP contribution in [0, 0.1) is 5.41 Å². The summed E-state index contributed by atoms with van der Waals surface area (Å²) in [6.45, 7) is 3.52. The third kappa shape index (κ3) is 2.40. The molecular formula is C19H26N2. The number of hydrogen-bond donors (Lipinski definition) is 2. The molecule has 1 unspecified atom stereocenters. The molecule has 1 aromatic heterocycles. The van der Waals surface area contributed by atoms with E-state index in [0.717, 1.165) is 0 Å². The molecule has 0 amide bonds. The summed E-state index contributed by atoms with van der Waals surface area (Å²) in [6, 6.07) is 9.31. The van der Waals surface area contributed by atoms with Crippen molar-refractivity contribution in [3.63, 3.8) is 0 Å². The quantitative estimate of drug-likeness (QED) is 0.816. The van der Waals surface area contributed by atoms with E-state index in [9.17, 15) is 0 Å². The van der Waals surface area contributed by atoms with Crippen molar-refractivity contribution in [3.05, 3.63) is 35.5 Å². The molecule has 0 radical (unpaired) electrons. The smallest absolute Gasteiger partial charge is 0.0476 e. The van der Waals surface area contributed by atoms with Crippen molar-refractivity contribution in [3.8, 4) is 0 Å². The lowest BCUT2D eigenvalue weighted by Crippen LogP contribution is -2.30. The second kappa shape index (κ2) is 5.17. The number of aryl methyl sites for hydroxylation is 1. The van der Waals surface area contributed by atoms with Crippen molar-refractivity contribution in [2.75, 3.05) is 6.54 Å². The molecule has 2 N–H and O–H groups in total. The van der Waals surface area contributed by atoms with Crippen LogP contribution in [0.5, 0.6) is 0 Å². The van der Waals surface area contributed by atoms with Gasteiger partial charge < -0.3 is 10.3 Å². The highest BCUT2D eigenvalue weighted by Gasteiger charge is 2.41. The van der Waals surface area contributed by atoms with Gasteiger partial charge in [0.05, 0.1) is 0 Å². The van der Waals surface area contributed by atoms with Crippen molar-refractivity contribution < 1.29 is 0 Å². The second-order valence-corrected chi connectivity index (χ2v) is 7.14. The number of fused-ring (bicyclic) bond motifs is 3. The summed E-state index contributed by atoms with van der Waals surface area (Å²) in [5.41, 5.74) is 4.98. The minimum atomic E-state index is 0.537. The molecule has 1 aromatic carbocycles. The first-order valence-electron chi connectivity index (χ1n) is 8.64. The molecule has 4 rings (SSSR count). The fourth-order valence-electron chi connectivity index (χ4n) is 4.18. The summed E-state index contributed by atoms with van der Waals surface area (Å²) >= 11 is 0. The highest BCUT2D eigenvalue weighted by Crippen LogP contribution is 2.49. The van der Waals surface area contributed by atoms with E-state index in [0.29, 0.717) is 11.5 Å². The van der Waals surface area contributed by atoms with Gasteiger partial charge in [0.2, 0.25) is 0 Å². The summed E-state index contributed by atoms with van der Waals surface area (Å²) in [4.78, 5) is 3.69. The Balaban J connectivity index is 1.56. The van der Waals surface area contributed by atoms with Crippen LogP contribution >= 0.6 is 0 Å². The van der Waals surface area contributed by atoms with Gasteiger partial charge in [-0.05, 0) is 55.6 Å². The fraction of sp³-hybridized carbons (Fsp3) is 0.579. The lowest BCUT2D eigenvalue weighted by Gasteiger charge is -2.26. The van der Waals surface area contributed by atoms with E-state index in [1.807, 2.05) is 0 Å². The predicted octanol–water partition coefficient (Wildman–Crippen LogP) is 4.72. The summed E-state index contributed by atoms with van der Waals surface area (Å²) < 4.78 is 0. The SMILES string of the molecule is CCCC1(CNC2CCCc3c2[nH]c2ccccc32)CC1. The van der Waals surface area contributed by atoms with Gasteiger partial charge in [-0.15, -0.1) is 0 Å². The molecule has 112 valence electrons. The van der Waals surface area contributed by atoms with E-state index >= 15 is 0 Å². The topological polar surface area (TPSA) is 27.8 Å². The van der Waals surface area contributed by atoms with E-state index < -0.39 is 0 Å². The zero-order valence-electron chi connectivity index (χ0n) is 13.0. The molecule has 0 saturated heterocycles. The van der Waals surface area contributed by atoms with E-state index in [1.165, 1.54) is 68.1 Å². The standard InChI is InChI=1S/C19H26N2/c1-2-10-19(11-12-19)13-20-17-9-5-7-15-14-6-3-4-8-16(14)21-18(15)17/h3-4,6,8,17,20-21H,2,5,7,9-13H2,1H3. The van der Waals surface area contributed by atoms with Crippen molar-refractivity contribution >= 4 is 10.9 Å². The van der Waals surface area contributed by atoms with Crippen LogP contribution in [0.3, 0.4) is 0 Å². The third-order valence-electron chi connectivity index (χ3n) is 5.58. The first kappa shape index (κ1) is 13.4. The Hall–Kier alpha value is -1.28. The normalized spacial score (nSPS) is 23.2. The molecule has 21 heavy (non-hydrogen) atoms. The van der Waals surface area contributed by atoms with Crippen LogP contribution in [-0.4, -0.2) is 11.5 Å². The van der Waals surface area contributed by atoms with Crippen molar-refractivity contribution in [1.82, 2.24) is 10.3 Å². The van der Waals surface area contributed by atoms with Gasteiger partial charge in [-0.1, -0.05) is 31.5 Å². The van der Waals surface area contributed by atoms with Crippen LogP contribution in [0.4, 0.5) is 0 Å². The number of aromatic nitrogens is 1. The Morgan fingerprint density at radius 1 is 1.29 bits per heavy atom. The number of nitrogens with one attached hydrogen (secondary N) is 2. The summed E-state index contributed by atoms with van der Waals surface area (Å²) in [5, 5.41) is 5.33. The number of H-pyrrole nitrogens is 1. The van der Waals surface area contributed by atoms with Crippen LogP contribution in [0.2, 0.25) is 0 Å². The molecule has 2 aromatic rings. The molecule has 1 heterocycles. The van der Waals surface area contributed by atoms with Gasteiger partial charge in [0.15, 0.2) is 0 Å². The largest absolute Gasteiger partial charge is 0.357 e. The molecule has 2 nitrogen and oxygen atoms in total. The molecular weight excluding hydrogens is 256 g/mol. The molecule has 2 aliphatic carbocycles. The molecule has 2 heteroatoms. The van der Waals surface area contributed by atoms with E-state index in [-0.39, 0.29) is 0 Å². The summed E-state index contributed by atoms with van der Waals surface area (Å²) in [7, 11) is 0. The number of para-hydroxylation sites is 1. The maximum absolute atomic E-state index is 3.90. The van der Waals surface area contributed by atoms with Gasteiger partial charge in [-0.3, -0.25) is 0 Å². The van der Waals surface area contributed by atoms with Gasteiger partial charge in [-0.25, -0.2) is 0 Å². The number of hydrogen-bond acceptors (Lipinski definition) is 1. The van der Waals surface area contributed by atoms with Gasteiger partial charge in [0, 0.05) is 29.2 Å². The molecule has 1 atom stereocenters. The van der Waals surface area contributed by atoms with Crippen LogP contribution in [-0.2, 0) is 6.42 Å². The molecule has 0 spiro atoms. The van der Waals surface area contributed by atoms with Gasteiger partial charge in [0.1, 0.15) is 0 Å². The molecule has 2 aliphatic rings. The first-order valence-corrected chi connectivity index (χ1v) is 8.64. The van der Waals surface area contributed by atoms with E-state index in [1.54, 1.807) is 5.56 Å². The van der Waals surface area contributed by atoms with E-state index in [4.69, 9.17) is 0 Å². The van der Waals surface area contributed by atoms with Gasteiger partial charge in [0.25, 0.3) is 0 Å². The summed E-state index contributed by atoms with van der Waals surface area (Å²) in [6.07, 6.45) is 9.41. The maximum Gasteiger partial charge on any atom is 0.0476 e. The number of rotatable bonds is 5. The minimum Gasteiger partial charge on any atom is -0.357 e. The van der Waals surface area contributed by atoms with Crippen molar-refractivity contribution in [2.45, 2.75) is 57.9 Å². The van der Waals surface area contributed by atoms with Crippen LogP contribution in [0.15, 0.2) is 24.3 Å². The second-order valence-electron chi connectivity index (χ2n) is 7.14. The number of aromatic amines is 1. The Kier molecular flexibility index (Phi) is 3.30. The third-order valence-corrected chi connectivity index (χ3v) is 5.58. The highest BCUT2D eigenvalue weighted by atomic mass is 15.0. The van der Waals surface area contributed by atoms with Crippen molar-refractivity contribution in [1.29, 1.82) is 0 Å². The zero-order chi connectivity index (χ0) is 14.3. The minimum absolute atomic E-state index is 0.537. The monoisotopic (exact) mass is 282 g/mol. The van der Waals surface area contributed by atoms with Crippen LogP contribution in [0.25, 0.3) is 10.9 Å². The van der Waals surface area contributed by atoms with Crippen molar-refractivity contribution in [2.24, 2.45) is 5.41 Å². The molecule has 1 fully saturated rings. The fourth-order valence-corrected chi connectivity index (χ4v) is 4.18. The average molecular weight is 282 g/mol. The van der Waals surface area contributed by atoms with Crippen LogP contribution in [0.1, 0.15) is 62.7 Å². The summed E-state index contributed by atoms with van der Waals surface area (Å²) in [5.74, 6) is 0. The van der Waals surface area contributed by atoms with Crippen LogP contribution < -0.4 is 5.32 Å².